The number of carbonyl (C=O) groups is 2. The molecule has 0 fully saturated rings. The number of aliphatic carboxylic acids is 1. The van der Waals surface area contributed by atoms with Gasteiger partial charge in [-0.2, -0.15) is 4.98 Å². The first kappa shape index (κ1) is 13.1. The minimum Gasteiger partial charge on any atom is -0.480 e. The van der Waals surface area contributed by atoms with Gasteiger partial charge in [0.25, 0.3) is 0 Å². The Morgan fingerprint density at radius 2 is 2.24 bits per heavy atom. The standard InChI is InChI=1S/C10H15N3O4/c1-3-7(10(15)16)12-8(14)4-5-9-11-6(2)13-17-9/h7H,3-5H2,1-2H3,(H,12,14)(H,15,16). The summed E-state index contributed by atoms with van der Waals surface area (Å²) in [5.74, 6) is -0.483. The van der Waals surface area contributed by atoms with Crippen LogP contribution in [0.4, 0.5) is 0 Å². The van der Waals surface area contributed by atoms with Crippen LogP contribution in [0.3, 0.4) is 0 Å². The molecule has 94 valence electrons. The van der Waals surface area contributed by atoms with Crippen molar-refractivity contribution in [1.29, 1.82) is 0 Å². The largest absolute Gasteiger partial charge is 0.480 e. The van der Waals surface area contributed by atoms with E-state index >= 15 is 0 Å². The molecule has 1 heterocycles. The fourth-order valence-corrected chi connectivity index (χ4v) is 1.27. The topological polar surface area (TPSA) is 105 Å². The van der Waals surface area contributed by atoms with E-state index in [1.807, 2.05) is 0 Å². The molecule has 7 nitrogen and oxygen atoms in total. The first-order valence-electron chi connectivity index (χ1n) is 5.34. The Kier molecular flexibility index (Phi) is 4.62. The van der Waals surface area contributed by atoms with E-state index in [2.05, 4.69) is 15.5 Å². The summed E-state index contributed by atoms with van der Waals surface area (Å²) in [7, 11) is 0. The van der Waals surface area contributed by atoms with E-state index < -0.39 is 12.0 Å². The van der Waals surface area contributed by atoms with E-state index in [1.54, 1.807) is 13.8 Å². The molecule has 2 N–H and O–H groups in total. The lowest BCUT2D eigenvalue weighted by Gasteiger charge is -2.11. The van der Waals surface area contributed by atoms with Gasteiger partial charge in [0.2, 0.25) is 11.8 Å². The number of hydrogen-bond donors (Lipinski definition) is 2. The molecule has 0 saturated carbocycles. The normalized spacial score (nSPS) is 12.1. The Morgan fingerprint density at radius 3 is 2.71 bits per heavy atom. The Labute approximate surface area is 98.2 Å². The molecule has 1 unspecified atom stereocenters. The van der Waals surface area contributed by atoms with E-state index in [0.717, 1.165) is 0 Å². The lowest BCUT2D eigenvalue weighted by atomic mass is 10.2. The summed E-state index contributed by atoms with van der Waals surface area (Å²) in [6.45, 7) is 3.38. The number of carboxylic acids is 1. The van der Waals surface area contributed by atoms with Crippen molar-refractivity contribution < 1.29 is 19.2 Å². The minimum atomic E-state index is -1.03. The molecule has 0 saturated heterocycles. The summed E-state index contributed by atoms with van der Waals surface area (Å²) in [6.07, 6.45) is 0.787. The zero-order valence-electron chi connectivity index (χ0n) is 9.77. The van der Waals surface area contributed by atoms with Gasteiger partial charge >= 0.3 is 5.97 Å². The van der Waals surface area contributed by atoms with Crippen LogP contribution in [0.15, 0.2) is 4.52 Å². The number of amides is 1. The SMILES string of the molecule is CCC(NC(=O)CCc1nc(C)no1)C(=O)O. The average Bonchev–Trinajstić information content (AvgIpc) is 2.68. The molecule has 1 rings (SSSR count). The Hall–Kier alpha value is -1.92. The Bertz CT molecular complexity index is 402. The molecular weight excluding hydrogens is 226 g/mol. The van der Waals surface area contributed by atoms with Gasteiger partial charge in [-0.1, -0.05) is 12.1 Å². The van der Waals surface area contributed by atoms with Crippen molar-refractivity contribution in [2.24, 2.45) is 0 Å². The predicted molar refractivity (Wildman–Crippen MR) is 57.2 cm³/mol. The van der Waals surface area contributed by atoms with E-state index in [4.69, 9.17) is 9.63 Å². The maximum Gasteiger partial charge on any atom is 0.326 e. The second kappa shape index (κ2) is 5.97. The first-order chi connectivity index (χ1) is 8.02. The van der Waals surface area contributed by atoms with Crippen molar-refractivity contribution in [2.75, 3.05) is 0 Å². The van der Waals surface area contributed by atoms with Crippen LogP contribution >= 0.6 is 0 Å². The summed E-state index contributed by atoms with van der Waals surface area (Å²) in [5, 5.41) is 14.8. The summed E-state index contributed by atoms with van der Waals surface area (Å²) >= 11 is 0. The van der Waals surface area contributed by atoms with Crippen molar-refractivity contribution in [3.8, 4) is 0 Å². The zero-order chi connectivity index (χ0) is 12.8. The summed E-state index contributed by atoms with van der Waals surface area (Å²) in [4.78, 5) is 26.1. The molecule has 0 bridgehead atoms. The number of nitrogens with zero attached hydrogens (tertiary/aromatic N) is 2. The highest BCUT2D eigenvalue weighted by molar-refractivity contribution is 5.83. The highest BCUT2D eigenvalue weighted by atomic mass is 16.5. The fraction of sp³-hybridized carbons (Fsp3) is 0.600. The summed E-state index contributed by atoms with van der Waals surface area (Å²) in [5.41, 5.74) is 0. The molecule has 0 aliphatic carbocycles. The van der Waals surface area contributed by atoms with Crippen LogP contribution in [0.1, 0.15) is 31.5 Å². The lowest BCUT2D eigenvalue weighted by Crippen LogP contribution is -2.40. The van der Waals surface area contributed by atoms with Gasteiger partial charge in [-0.15, -0.1) is 0 Å². The van der Waals surface area contributed by atoms with Crippen molar-refractivity contribution >= 4 is 11.9 Å². The highest BCUT2D eigenvalue weighted by Gasteiger charge is 2.17. The number of carbonyl (C=O) groups excluding carboxylic acids is 1. The van der Waals surface area contributed by atoms with E-state index in [-0.39, 0.29) is 12.3 Å². The maximum absolute atomic E-state index is 11.4. The monoisotopic (exact) mass is 241 g/mol. The molecule has 0 aliphatic rings. The third-order valence-corrected chi connectivity index (χ3v) is 2.18. The van der Waals surface area contributed by atoms with Crippen LogP contribution in [0.2, 0.25) is 0 Å². The molecule has 0 spiro atoms. The van der Waals surface area contributed by atoms with Gasteiger partial charge in [-0.05, 0) is 13.3 Å². The Morgan fingerprint density at radius 1 is 1.53 bits per heavy atom. The predicted octanol–water partition coefficient (Wildman–Crippen LogP) is 0.290. The van der Waals surface area contributed by atoms with Crippen LogP contribution < -0.4 is 5.32 Å². The molecular formula is C10H15N3O4. The number of carboxylic acid groups (broad SMARTS) is 1. The number of hydrogen-bond acceptors (Lipinski definition) is 5. The Balaban J connectivity index is 2.37. The van der Waals surface area contributed by atoms with Gasteiger partial charge in [0, 0.05) is 12.8 Å². The van der Waals surface area contributed by atoms with Gasteiger partial charge < -0.3 is 14.9 Å². The summed E-state index contributed by atoms with van der Waals surface area (Å²) in [6, 6.07) is -0.841. The lowest BCUT2D eigenvalue weighted by molar-refractivity contribution is -0.141. The third kappa shape index (κ3) is 4.21. The minimum absolute atomic E-state index is 0.130. The zero-order valence-corrected chi connectivity index (χ0v) is 9.77. The van der Waals surface area contributed by atoms with E-state index in [9.17, 15) is 9.59 Å². The van der Waals surface area contributed by atoms with E-state index in [0.29, 0.717) is 24.6 Å². The van der Waals surface area contributed by atoms with Crippen LogP contribution in [-0.4, -0.2) is 33.2 Å². The van der Waals surface area contributed by atoms with Crippen LogP contribution in [0, 0.1) is 6.92 Å². The quantitative estimate of drug-likeness (QED) is 0.741. The molecule has 1 atom stereocenters. The molecule has 1 aromatic heterocycles. The average molecular weight is 241 g/mol. The number of aryl methyl sites for hydroxylation is 2. The number of rotatable bonds is 6. The van der Waals surface area contributed by atoms with Crippen molar-refractivity contribution in [3.05, 3.63) is 11.7 Å². The molecule has 1 aromatic rings. The van der Waals surface area contributed by atoms with Crippen LogP contribution in [0.25, 0.3) is 0 Å². The summed E-state index contributed by atoms with van der Waals surface area (Å²) < 4.78 is 4.84. The van der Waals surface area contributed by atoms with Gasteiger partial charge in [-0.25, -0.2) is 4.79 Å². The molecule has 0 radical (unpaired) electrons. The van der Waals surface area contributed by atoms with Crippen molar-refractivity contribution in [3.63, 3.8) is 0 Å². The van der Waals surface area contributed by atoms with Gasteiger partial charge in [0.05, 0.1) is 0 Å². The second-order valence-electron chi connectivity index (χ2n) is 3.60. The van der Waals surface area contributed by atoms with Gasteiger partial charge in [0.1, 0.15) is 6.04 Å². The third-order valence-electron chi connectivity index (χ3n) is 2.18. The number of aromatic nitrogens is 2. The molecule has 0 aromatic carbocycles. The van der Waals surface area contributed by atoms with E-state index in [1.165, 1.54) is 0 Å². The molecule has 7 heteroatoms. The van der Waals surface area contributed by atoms with Crippen LogP contribution in [-0.2, 0) is 16.0 Å². The highest BCUT2D eigenvalue weighted by Crippen LogP contribution is 2.00. The maximum atomic E-state index is 11.4. The van der Waals surface area contributed by atoms with Gasteiger partial charge in [-0.3, -0.25) is 4.79 Å². The fourth-order valence-electron chi connectivity index (χ4n) is 1.27. The smallest absolute Gasteiger partial charge is 0.326 e. The molecule has 0 aliphatic heterocycles. The van der Waals surface area contributed by atoms with Gasteiger partial charge in [0.15, 0.2) is 5.82 Å². The number of nitrogens with one attached hydrogen (secondary N) is 1. The van der Waals surface area contributed by atoms with Crippen molar-refractivity contribution in [1.82, 2.24) is 15.5 Å². The second-order valence-corrected chi connectivity index (χ2v) is 3.60. The van der Waals surface area contributed by atoms with Crippen molar-refractivity contribution in [2.45, 2.75) is 39.2 Å². The molecule has 1 amide bonds. The first-order valence-corrected chi connectivity index (χ1v) is 5.34. The van der Waals surface area contributed by atoms with Crippen LogP contribution in [0.5, 0.6) is 0 Å². The molecule has 17 heavy (non-hydrogen) atoms.